The molecule has 0 aliphatic rings. The fourth-order valence-electron chi connectivity index (χ4n) is 3.34. The quantitative estimate of drug-likeness (QED) is 0.322. The second-order valence-corrected chi connectivity index (χ2v) is 7.98. The summed E-state index contributed by atoms with van der Waals surface area (Å²) in [6.45, 7) is 0. The van der Waals surface area contributed by atoms with Gasteiger partial charge in [0.05, 0.1) is 17.8 Å². The lowest BCUT2D eigenvalue weighted by molar-refractivity contribution is 0.0997. The smallest absolute Gasteiger partial charge is 0.291 e. The average Bonchev–Trinajstić information content (AvgIpc) is 3.46. The number of furan rings is 1. The Morgan fingerprint density at radius 1 is 0.970 bits per heavy atom. The Morgan fingerprint density at radius 2 is 1.82 bits per heavy atom. The second kappa shape index (κ2) is 8.61. The van der Waals surface area contributed by atoms with Gasteiger partial charge in [0.1, 0.15) is 22.5 Å². The van der Waals surface area contributed by atoms with Crippen LogP contribution in [0.3, 0.4) is 0 Å². The fourth-order valence-corrected chi connectivity index (χ4v) is 3.78. The Labute approximate surface area is 198 Å². The molecule has 0 saturated heterocycles. The highest BCUT2D eigenvalue weighted by atomic mass is 35.5. The third-order valence-corrected chi connectivity index (χ3v) is 5.47. The number of hydrogen-bond donors (Lipinski definition) is 1. The molecule has 1 N–H and O–H groups in total. The number of halogens is 2. The van der Waals surface area contributed by atoms with Gasteiger partial charge in [-0.15, -0.1) is 10.2 Å². The van der Waals surface area contributed by atoms with E-state index in [1.165, 1.54) is 4.80 Å². The standard InChI is InChI=1S/C24H16Cl2N4O3/c1-32-22-8-6-17(13-18(22)26)30-28-19-7-5-16(12-20(19)29-30)27-24(31)23-10-9-21(33-23)14-3-2-4-15(25)11-14/h2-13H,1H3,(H,27,31). The van der Waals surface area contributed by atoms with Crippen molar-refractivity contribution in [2.75, 3.05) is 12.4 Å². The molecule has 0 bridgehead atoms. The summed E-state index contributed by atoms with van der Waals surface area (Å²) in [6, 6.07) is 21.1. The highest BCUT2D eigenvalue weighted by molar-refractivity contribution is 6.32. The molecule has 0 aliphatic heterocycles. The number of ether oxygens (including phenoxy) is 1. The Balaban J connectivity index is 1.36. The monoisotopic (exact) mass is 478 g/mol. The van der Waals surface area contributed by atoms with Crippen LogP contribution in [0.2, 0.25) is 10.0 Å². The lowest BCUT2D eigenvalue weighted by atomic mass is 10.2. The Kier molecular flexibility index (Phi) is 5.50. The summed E-state index contributed by atoms with van der Waals surface area (Å²) in [5.41, 5.74) is 3.32. The van der Waals surface area contributed by atoms with Crippen LogP contribution in [0.25, 0.3) is 28.0 Å². The van der Waals surface area contributed by atoms with Gasteiger partial charge in [0.25, 0.3) is 5.91 Å². The first-order valence-electron chi connectivity index (χ1n) is 9.88. The van der Waals surface area contributed by atoms with Crippen LogP contribution in [0.4, 0.5) is 5.69 Å². The molecule has 7 nitrogen and oxygen atoms in total. The van der Waals surface area contributed by atoms with Crippen molar-refractivity contribution in [3.05, 3.63) is 88.6 Å². The number of rotatable bonds is 5. The van der Waals surface area contributed by atoms with Crippen LogP contribution in [0.5, 0.6) is 5.75 Å². The number of methoxy groups -OCH3 is 1. The van der Waals surface area contributed by atoms with Gasteiger partial charge in [-0.2, -0.15) is 4.80 Å². The lowest BCUT2D eigenvalue weighted by Gasteiger charge is -2.04. The van der Waals surface area contributed by atoms with E-state index in [-0.39, 0.29) is 11.7 Å². The fraction of sp³-hybridized carbons (Fsp3) is 0.0417. The van der Waals surface area contributed by atoms with Crippen molar-refractivity contribution in [2.24, 2.45) is 0 Å². The number of carbonyl (C=O) groups is 1. The van der Waals surface area contributed by atoms with Crippen molar-refractivity contribution < 1.29 is 13.9 Å². The van der Waals surface area contributed by atoms with Gasteiger partial charge >= 0.3 is 0 Å². The molecule has 0 saturated carbocycles. The number of aromatic nitrogens is 3. The molecule has 2 heterocycles. The molecule has 5 rings (SSSR count). The molecule has 5 aromatic rings. The molecule has 9 heteroatoms. The third-order valence-electron chi connectivity index (χ3n) is 4.94. The number of nitrogens with zero attached hydrogens (tertiary/aromatic N) is 3. The van der Waals surface area contributed by atoms with E-state index in [0.717, 1.165) is 5.56 Å². The third kappa shape index (κ3) is 4.28. The number of fused-ring (bicyclic) bond motifs is 1. The minimum absolute atomic E-state index is 0.182. The van der Waals surface area contributed by atoms with Crippen LogP contribution in [0, 0.1) is 0 Å². The number of anilines is 1. The van der Waals surface area contributed by atoms with Gasteiger partial charge in [-0.25, -0.2) is 0 Å². The Hall–Kier alpha value is -3.81. The van der Waals surface area contributed by atoms with E-state index in [4.69, 9.17) is 32.4 Å². The normalized spacial score (nSPS) is 11.0. The van der Waals surface area contributed by atoms with Gasteiger partial charge in [-0.05, 0) is 60.7 Å². The molecule has 0 atom stereocenters. The van der Waals surface area contributed by atoms with Crippen LogP contribution in [0.1, 0.15) is 10.6 Å². The molecule has 164 valence electrons. The summed E-state index contributed by atoms with van der Waals surface area (Å²) >= 11 is 12.2. The highest BCUT2D eigenvalue weighted by Crippen LogP contribution is 2.28. The zero-order valence-corrected chi connectivity index (χ0v) is 18.8. The van der Waals surface area contributed by atoms with Gasteiger partial charge in [0.15, 0.2) is 5.76 Å². The predicted octanol–water partition coefficient (Wildman–Crippen LogP) is 6.25. The second-order valence-electron chi connectivity index (χ2n) is 7.14. The van der Waals surface area contributed by atoms with Gasteiger partial charge in [0, 0.05) is 16.3 Å². The van der Waals surface area contributed by atoms with E-state index < -0.39 is 0 Å². The number of hydrogen-bond acceptors (Lipinski definition) is 5. The molecule has 2 aromatic heterocycles. The maximum atomic E-state index is 12.7. The summed E-state index contributed by atoms with van der Waals surface area (Å²) < 4.78 is 10.9. The number of carbonyl (C=O) groups excluding carboxylic acids is 1. The van der Waals surface area contributed by atoms with Crippen LogP contribution in [-0.2, 0) is 0 Å². The van der Waals surface area contributed by atoms with Crippen molar-refractivity contribution >= 4 is 45.8 Å². The maximum Gasteiger partial charge on any atom is 0.291 e. The zero-order valence-electron chi connectivity index (χ0n) is 17.3. The van der Waals surface area contributed by atoms with Crippen LogP contribution in [0.15, 0.2) is 77.2 Å². The minimum atomic E-state index is -0.378. The van der Waals surface area contributed by atoms with Gasteiger partial charge in [-0.3, -0.25) is 4.79 Å². The van der Waals surface area contributed by atoms with Gasteiger partial charge < -0.3 is 14.5 Å². The van der Waals surface area contributed by atoms with Crippen molar-refractivity contribution in [1.82, 2.24) is 15.0 Å². The molecule has 0 aliphatic carbocycles. The zero-order chi connectivity index (χ0) is 22.9. The Morgan fingerprint density at radius 3 is 2.61 bits per heavy atom. The lowest BCUT2D eigenvalue weighted by Crippen LogP contribution is -2.10. The largest absolute Gasteiger partial charge is 0.495 e. The SMILES string of the molecule is COc1ccc(-n2nc3ccc(NC(=O)c4ccc(-c5cccc(Cl)c5)o4)cc3n2)cc1Cl. The van der Waals surface area contributed by atoms with E-state index in [2.05, 4.69) is 15.5 Å². The van der Waals surface area contributed by atoms with Crippen molar-refractivity contribution in [2.45, 2.75) is 0 Å². The maximum absolute atomic E-state index is 12.7. The van der Waals surface area contributed by atoms with Gasteiger partial charge in [0.2, 0.25) is 0 Å². The summed E-state index contributed by atoms with van der Waals surface area (Å²) in [7, 11) is 1.55. The number of amides is 1. The first kappa shape index (κ1) is 21.1. The van der Waals surface area contributed by atoms with E-state index in [1.807, 2.05) is 12.1 Å². The first-order valence-corrected chi connectivity index (χ1v) is 10.6. The predicted molar refractivity (Wildman–Crippen MR) is 128 cm³/mol. The van der Waals surface area contributed by atoms with E-state index in [0.29, 0.717) is 44.0 Å². The minimum Gasteiger partial charge on any atom is -0.495 e. The van der Waals surface area contributed by atoms with Crippen LogP contribution in [-0.4, -0.2) is 28.0 Å². The van der Waals surface area contributed by atoms with E-state index in [9.17, 15) is 4.79 Å². The van der Waals surface area contributed by atoms with E-state index in [1.54, 1.807) is 67.8 Å². The van der Waals surface area contributed by atoms with Crippen molar-refractivity contribution in [3.8, 4) is 22.8 Å². The number of benzene rings is 3. The van der Waals surface area contributed by atoms with Gasteiger partial charge in [-0.1, -0.05) is 35.3 Å². The van der Waals surface area contributed by atoms with Crippen LogP contribution >= 0.6 is 23.2 Å². The first-order chi connectivity index (χ1) is 16.0. The topological polar surface area (TPSA) is 82.2 Å². The molecule has 0 spiro atoms. The van der Waals surface area contributed by atoms with Crippen molar-refractivity contribution in [1.29, 1.82) is 0 Å². The van der Waals surface area contributed by atoms with E-state index >= 15 is 0 Å². The molecular formula is C24H16Cl2N4O3. The summed E-state index contributed by atoms with van der Waals surface area (Å²) in [4.78, 5) is 14.2. The molecule has 3 aromatic carbocycles. The highest BCUT2D eigenvalue weighted by Gasteiger charge is 2.14. The summed E-state index contributed by atoms with van der Waals surface area (Å²) in [5.74, 6) is 0.927. The number of nitrogens with one attached hydrogen (secondary N) is 1. The van der Waals surface area contributed by atoms with Crippen molar-refractivity contribution in [3.63, 3.8) is 0 Å². The summed E-state index contributed by atoms with van der Waals surface area (Å²) in [6.07, 6.45) is 0. The Bertz CT molecular complexity index is 1490. The van der Waals surface area contributed by atoms with Crippen LogP contribution < -0.4 is 10.1 Å². The molecule has 0 radical (unpaired) electrons. The molecule has 1 amide bonds. The molecule has 0 unspecified atom stereocenters. The molecule has 0 fully saturated rings. The average molecular weight is 479 g/mol. The summed E-state index contributed by atoms with van der Waals surface area (Å²) in [5, 5.41) is 12.8. The molecule has 33 heavy (non-hydrogen) atoms. The molecular weight excluding hydrogens is 463 g/mol.